The van der Waals surface area contributed by atoms with Crippen molar-refractivity contribution in [3.63, 3.8) is 0 Å². The van der Waals surface area contributed by atoms with Crippen molar-refractivity contribution in [2.45, 2.75) is 81.1 Å². The minimum Gasteiger partial charge on any atom is -0.0617 e. The first kappa shape index (κ1) is 16.2. The zero-order chi connectivity index (χ0) is 16.3. The maximum absolute atomic E-state index is 2.41. The lowest BCUT2D eigenvalue weighted by molar-refractivity contribution is -0.128. The number of hydrogen-bond donors (Lipinski definition) is 0. The normalized spacial score (nSPS) is 60.5. The molecular formula is C21H30S4. The first-order chi connectivity index (χ1) is 12.2. The van der Waals surface area contributed by atoms with Gasteiger partial charge >= 0.3 is 0 Å². The molecular weight excluding hydrogens is 380 g/mol. The molecule has 0 N–H and O–H groups in total. The van der Waals surface area contributed by atoms with E-state index in [2.05, 4.69) is 41.2 Å². The van der Waals surface area contributed by atoms with Crippen molar-refractivity contribution >= 4 is 41.2 Å². The van der Waals surface area contributed by atoms with Gasteiger partial charge < -0.3 is 0 Å². The van der Waals surface area contributed by atoms with Crippen LogP contribution in [0.4, 0.5) is 0 Å². The molecule has 0 aromatic carbocycles. The average molecular weight is 411 g/mol. The van der Waals surface area contributed by atoms with Crippen molar-refractivity contribution in [2.24, 2.45) is 46.3 Å². The molecule has 9 rings (SSSR count). The smallest absolute Gasteiger partial charge is 0.0617 e. The second-order valence-corrected chi connectivity index (χ2v) is 17.7. The van der Waals surface area contributed by atoms with Crippen LogP contribution in [0.5, 0.6) is 0 Å². The molecule has 0 atom stereocenters. The predicted molar refractivity (Wildman–Crippen MR) is 114 cm³/mol. The standard InChI is InChI=1S/C21H30S4/c1-13-2-15-3-14(1)8-19(7-13,9-15)21(22-24-25-23-21)20-10-16-4-17(11-20)6-18(5-16)12-20/h13-18H,1-12H2. The Morgan fingerprint density at radius 1 is 0.440 bits per heavy atom. The molecule has 0 aromatic rings. The Morgan fingerprint density at radius 3 is 1.00 bits per heavy atom. The Balaban J connectivity index is 1.36. The molecule has 0 nitrogen and oxygen atoms in total. The maximum Gasteiger partial charge on any atom is 0.0946 e. The van der Waals surface area contributed by atoms with Crippen molar-refractivity contribution in [1.29, 1.82) is 0 Å². The van der Waals surface area contributed by atoms with Gasteiger partial charge in [0.25, 0.3) is 0 Å². The van der Waals surface area contributed by atoms with Crippen LogP contribution in [0.25, 0.3) is 0 Å². The molecule has 9 aliphatic rings. The van der Waals surface area contributed by atoms with E-state index in [9.17, 15) is 0 Å². The van der Waals surface area contributed by atoms with Gasteiger partial charge in [0.15, 0.2) is 0 Å². The van der Waals surface area contributed by atoms with Crippen LogP contribution in [0.3, 0.4) is 0 Å². The summed E-state index contributed by atoms with van der Waals surface area (Å²) in [6, 6.07) is 0. The van der Waals surface area contributed by atoms with Crippen molar-refractivity contribution in [2.75, 3.05) is 0 Å². The highest BCUT2D eigenvalue weighted by Crippen LogP contribution is 2.85. The zero-order valence-electron chi connectivity index (χ0n) is 15.1. The minimum absolute atomic E-state index is 0.571. The highest BCUT2D eigenvalue weighted by atomic mass is 33.7. The van der Waals surface area contributed by atoms with E-state index in [1.54, 1.807) is 77.0 Å². The van der Waals surface area contributed by atoms with Gasteiger partial charge in [0, 0.05) is 0 Å². The topological polar surface area (TPSA) is 0 Å². The van der Waals surface area contributed by atoms with Crippen LogP contribution in [0.1, 0.15) is 77.0 Å². The molecule has 0 amide bonds. The largest absolute Gasteiger partial charge is 0.0946 e. The fraction of sp³-hybridized carbons (Fsp3) is 1.00. The zero-order valence-corrected chi connectivity index (χ0v) is 18.3. The van der Waals surface area contributed by atoms with Gasteiger partial charge in [0.2, 0.25) is 0 Å². The summed E-state index contributed by atoms with van der Waals surface area (Å²) in [6.07, 6.45) is 19.3. The lowest BCUT2D eigenvalue weighted by Gasteiger charge is -2.70. The molecule has 25 heavy (non-hydrogen) atoms. The van der Waals surface area contributed by atoms with E-state index in [4.69, 9.17) is 0 Å². The Kier molecular flexibility index (Phi) is 3.44. The molecule has 0 aromatic heterocycles. The molecule has 4 heteroatoms. The number of hydrogen-bond acceptors (Lipinski definition) is 4. The molecule has 0 radical (unpaired) electrons. The molecule has 0 spiro atoms. The molecule has 138 valence electrons. The van der Waals surface area contributed by atoms with Gasteiger partial charge in [0.05, 0.1) is 4.08 Å². The fourth-order valence-electron chi connectivity index (χ4n) is 10.1. The van der Waals surface area contributed by atoms with E-state index in [0.29, 0.717) is 14.9 Å². The van der Waals surface area contributed by atoms with Crippen LogP contribution in [0.2, 0.25) is 0 Å². The predicted octanol–water partition coefficient (Wildman–Crippen LogP) is 7.81. The molecule has 8 bridgehead atoms. The third-order valence-electron chi connectivity index (χ3n) is 9.80. The highest BCUT2D eigenvalue weighted by Gasteiger charge is 2.72. The SMILES string of the molecule is C1C2CC3CC1CC(C1(C45CC6CC(CC(C6)C4)C5)SSSS1)(C2)C3. The summed E-state index contributed by atoms with van der Waals surface area (Å²) in [5, 5.41) is 0. The van der Waals surface area contributed by atoms with Crippen LogP contribution >= 0.6 is 41.2 Å². The molecule has 1 aliphatic heterocycles. The average Bonchev–Trinajstić information content (AvgIpc) is 3.04. The summed E-state index contributed by atoms with van der Waals surface area (Å²) in [5.41, 5.74) is 1.42. The first-order valence-corrected chi connectivity index (χ1v) is 15.7. The van der Waals surface area contributed by atoms with Crippen molar-refractivity contribution in [1.82, 2.24) is 0 Å². The van der Waals surface area contributed by atoms with Crippen molar-refractivity contribution < 1.29 is 0 Å². The van der Waals surface area contributed by atoms with E-state index >= 15 is 0 Å². The van der Waals surface area contributed by atoms with Gasteiger partial charge in [-0.15, -0.1) is 0 Å². The van der Waals surface area contributed by atoms with Crippen LogP contribution in [-0.2, 0) is 0 Å². The first-order valence-electron chi connectivity index (χ1n) is 10.9. The molecule has 8 aliphatic carbocycles. The lowest BCUT2D eigenvalue weighted by atomic mass is 9.41. The van der Waals surface area contributed by atoms with E-state index in [-0.39, 0.29) is 0 Å². The fourth-order valence-corrected chi connectivity index (χ4v) is 21.2. The van der Waals surface area contributed by atoms with Gasteiger partial charge in [0.1, 0.15) is 0 Å². The van der Waals surface area contributed by atoms with Crippen molar-refractivity contribution in [3.05, 3.63) is 0 Å². The third-order valence-corrected chi connectivity index (χ3v) is 18.6. The van der Waals surface area contributed by atoms with E-state index in [1.807, 2.05) is 0 Å². The quantitative estimate of drug-likeness (QED) is 0.425. The van der Waals surface area contributed by atoms with E-state index in [1.165, 1.54) is 0 Å². The third kappa shape index (κ3) is 2.05. The molecule has 9 fully saturated rings. The summed E-state index contributed by atoms with van der Waals surface area (Å²) in [7, 11) is 9.17. The van der Waals surface area contributed by atoms with Gasteiger partial charge in [-0.05, 0) is 143 Å². The Morgan fingerprint density at radius 2 is 0.720 bits per heavy atom. The van der Waals surface area contributed by atoms with Gasteiger partial charge in [-0.25, -0.2) is 0 Å². The second-order valence-electron chi connectivity index (χ2n) is 11.3. The van der Waals surface area contributed by atoms with E-state index < -0.39 is 0 Å². The summed E-state index contributed by atoms with van der Waals surface area (Å²) in [6.45, 7) is 0. The highest BCUT2D eigenvalue weighted by molar-refractivity contribution is 9.31. The Bertz CT molecular complexity index is 476. The summed E-state index contributed by atoms with van der Waals surface area (Å²) in [5.74, 6) is 6.63. The molecule has 1 saturated heterocycles. The van der Waals surface area contributed by atoms with E-state index in [0.717, 1.165) is 35.5 Å². The van der Waals surface area contributed by atoms with Crippen molar-refractivity contribution in [3.8, 4) is 0 Å². The van der Waals surface area contributed by atoms with Gasteiger partial charge in [-0.1, -0.05) is 21.6 Å². The Labute approximate surface area is 168 Å². The summed E-state index contributed by atoms with van der Waals surface area (Å²) >= 11 is 0. The summed E-state index contributed by atoms with van der Waals surface area (Å²) in [4.78, 5) is 0. The molecule has 0 unspecified atom stereocenters. The monoisotopic (exact) mass is 410 g/mol. The van der Waals surface area contributed by atoms with Crippen LogP contribution < -0.4 is 0 Å². The van der Waals surface area contributed by atoms with Crippen LogP contribution in [-0.4, -0.2) is 4.08 Å². The second kappa shape index (κ2) is 5.30. The van der Waals surface area contributed by atoms with Crippen LogP contribution in [0.15, 0.2) is 0 Å². The maximum atomic E-state index is 2.41. The van der Waals surface area contributed by atoms with Crippen LogP contribution in [0, 0.1) is 46.3 Å². The molecule has 8 saturated carbocycles. The Hall–Kier alpha value is 1.40. The minimum atomic E-state index is 0.571. The lowest BCUT2D eigenvalue weighted by Crippen LogP contribution is -2.64. The molecule has 1 heterocycles. The number of rotatable bonds is 2. The summed E-state index contributed by atoms with van der Waals surface area (Å²) < 4.78 is 0.571. The van der Waals surface area contributed by atoms with Gasteiger partial charge in [-0.2, -0.15) is 0 Å². The van der Waals surface area contributed by atoms with Gasteiger partial charge in [-0.3, -0.25) is 0 Å².